The Bertz CT molecular complexity index is 1040. The summed E-state index contributed by atoms with van der Waals surface area (Å²) in [5, 5.41) is 5.25. The van der Waals surface area contributed by atoms with E-state index in [1.807, 2.05) is 49.3 Å². The highest BCUT2D eigenvalue weighted by atomic mass is 32.1. The van der Waals surface area contributed by atoms with E-state index in [9.17, 15) is 4.79 Å². The van der Waals surface area contributed by atoms with Crippen LogP contribution in [-0.4, -0.2) is 44.6 Å². The molecule has 0 aliphatic carbocycles. The van der Waals surface area contributed by atoms with Gasteiger partial charge >= 0.3 is 0 Å². The van der Waals surface area contributed by atoms with Gasteiger partial charge in [0, 0.05) is 43.2 Å². The molecule has 3 N–H and O–H groups in total. The number of carbonyl (C=O) groups excluding carboxylic acids is 1. The molecule has 3 heterocycles. The molecule has 1 atom stereocenters. The second-order valence-corrected chi connectivity index (χ2v) is 8.48. The van der Waals surface area contributed by atoms with E-state index < -0.39 is 0 Å². The first kappa shape index (κ1) is 21.1. The van der Waals surface area contributed by atoms with Crippen molar-refractivity contribution in [1.29, 1.82) is 0 Å². The topological polar surface area (TPSA) is 83.7 Å². The van der Waals surface area contributed by atoms with Crippen LogP contribution >= 0.6 is 11.3 Å². The van der Waals surface area contributed by atoms with Crippen LogP contribution in [0.5, 0.6) is 5.75 Å². The Balaban J connectivity index is 1.60. The zero-order valence-electron chi connectivity index (χ0n) is 17.7. The highest BCUT2D eigenvalue weighted by Gasteiger charge is 2.27. The van der Waals surface area contributed by atoms with E-state index in [4.69, 9.17) is 10.5 Å². The van der Waals surface area contributed by atoms with Crippen LogP contribution in [0.25, 0.3) is 0 Å². The molecule has 4 rings (SSSR count). The highest BCUT2D eigenvalue weighted by molar-refractivity contribution is 7.10. The Hall–Kier alpha value is -3.10. The van der Waals surface area contributed by atoms with Gasteiger partial charge in [-0.2, -0.15) is 0 Å². The van der Waals surface area contributed by atoms with Gasteiger partial charge < -0.3 is 25.6 Å². The molecule has 1 aliphatic heterocycles. The molecule has 1 aliphatic rings. The molecule has 7 nitrogen and oxygen atoms in total. The Kier molecular flexibility index (Phi) is 6.39. The first-order valence-corrected chi connectivity index (χ1v) is 11.2. The Morgan fingerprint density at radius 2 is 2.10 bits per heavy atom. The third kappa shape index (κ3) is 4.65. The smallest absolute Gasteiger partial charge is 0.262 e. The molecule has 0 saturated heterocycles. The minimum atomic E-state index is -0.0889. The van der Waals surface area contributed by atoms with E-state index in [1.165, 1.54) is 4.88 Å². The molecule has 0 saturated carbocycles. The summed E-state index contributed by atoms with van der Waals surface area (Å²) in [6.45, 7) is 2.05. The number of thiophene rings is 1. The molecule has 0 spiro atoms. The number of likely N-dealkylation sites (N-methyl/N-ethyl adjacent to an activating group) is 1. The van der Waals surface area contributed by atoms with Crippen LogP contribution in [0.4, 0.5) is 17.3 Å². The van der Waals surface area contributed by atoms with Crippen molar-refractivity contribution in [2.45, 2.75) is 12.5 Å². The number of ether oxygens (including phenoxy) is 1. The largest absolute Gasteiger partial charge is 0.485 e. The van der Waals surface area contributed by atoms with Crippen LogP contribution in [0, 0.1) is 0 Å². The van der Waals surface area contributed by atoms with E-state index in [1.54, 1.807) is 28.4 Å². The van der Waals surface area contributed by atoms with Gasteiger partial charge in [-0.3, -0.25) is 4.79 Å². The fraction of sp³-hybridized carbons (Fsp3) is 0.304. The van der Waals surface area contributed by atoms with Crippen molar-refractivity contribution in [1.82, 2.24) is 10.3 Å². The lowest BCUT2D eigenvalue weighted by Crippen LogP contribution is -2.33. The van der Waals surface area contributed by atoms with E-state index in [0.717, 1.165) is 24.4 Å². The summed E-state index contributed by atoms with van der Waals surface area (Å²) in [6.07, 6.45) is 0.816. The number of pyridine rings is 1. The number of carbonyl (C=O) groups is 1. The van der Waals surface area contributed by atoms with Gasteiger partial charge in [-0.05, 0) is 49.3 Å². The number of fused-ring (bicyclic) bond motifs is 1. The number of aromatic nitrogens is 1. The number of nitrogens with zero attached hydrogens (tertiary/aromatic N) is 3. The van der Waals surface area contributed by atoms with Crippen LogP contribution < -0.4 is 25.6 Å². The summed E-state index contributed by atoms with van der Waals surface area (Å²) < 4.78 is 6.36. The third-order valence-electron chi connectivity index (χ3n) is 5.32. The van der Waals surface area contributed by atoms with E-state index in [2.05, 4.69) is 21.7 Å². The van der Waals surface area contributed by atoms with Crippen molar-refractivity contribution < 1.29 is 9.53 Å². The maximum Gasteiger partial charge on any atom is 0.262 e. The van der Waals surface area contributed by atoms with Gasteiger partial charge in [-0.25, -0.2) is 4.98 Å². The van der Waals surface area contributed by atoms with Gasteiger partial charge in [0.15, 0.2) is 0 Å². The quantitative estimate of drug-likeness (QED) is 0.588. The maximum atomic E-state index is 13.3. The monoisotopic (exact) mass is 437 g/mol. The molecule has 162 valence electrons. The van der Waals surface area contributed by atoms with Gasteiger partial charge in [-0.15, -0.1) is 11.3 Å². The number of hydrogen-bond donors (Lipinski definition) is 2. The second kappa shape index (κ2) is 9.36. The summed E-state index contributed by atoms with van der Waals surface area (Å²) in [4.78, 5) is 22.6. The van der Waals surface area contributed by atoms with Crippen LogP contribution in [0.15, 0.2) is 53.9 Å². The van der Waals surface area contributed by atoms with Crippen LogP contribution in [-0.2, 0) is 0 Å². The number of nitrogens with two attached hydrogens (primary N) is 1. The number of nitrogen functional groups attached to an aromatic ring is 1. The van der Waals surface area contributed by atoms with E-state index >= 15 is 0 Å². The standard InChI is InChI=1S/C23H27N5O2S/c1-25-11-10-19(20-7-4-14-31-20)30-17-6-3-5-16(15-17)28-13-12-27(2)22-18(23(28)29)8-9-21(24)26-22/h3-9,14-15,19,25H,10-13H2,1-2H3,(H2,24,26)/t19-/m0/s1. The predicted octanol–water partition coefficient (Wildman–Crippen LogP) is 3.55. The number of hydrogen-bond acceptors (Lipinski definition) is 7. The van der Waals surface area contributed by atoms with Crippen molar-refractivity contribution in [3.8, 4) is 5.75 Å². The lowest BCUT2D eigenvalue weighted by Gasteiger charge is -2.23. The first-order valence-electron chi connectivity index (χ1n) is 10.3. The minimum Gasteiger partial charge on any atom is -0.485 e. The summed E-state index contributed by atoms with van der Waals surface area (Å²) in [5.74, 6) is 1.68. The maximum absolute atomic E-state index is 13.3. The molecular weight excluding hydrogens is 410 g/mol. The van der Waals surface area contributed by atoms with Crippen LogP contribution in [0.3, 0.4) is 0 Å². The predicted molar refractivity (Wildman–Crippen MR) is 126 cm³/mol. The molecule has 3 aromatic rings. The molecule has 0 unspecified atom stereocenters. The fourth-order valence-electron chi connectivity index (χ4n) is 3.67. The normalized spacial score (nSPS) is 14.8. The summed E-state index contributed by atoms with van der Waals surface area (Å²) in [5.41, 5.74) is 7.20. The molecule has 2 aromatic heterocycles. The fourth-order valence-corrected chi connectivity index (χ4v) is 4.46. The first-order chi connectivity index (χ1) is 15.1. The van der Waals surface area contributed by atoms with E-state index in [0.29, 0.717) is 30.3 Å². The van der Waals surface area contributed by atoms with Gasteiger partial charge in [-0.1, -0.05) is 12.1 Å². The zero-order chi connectivity index (χ0) is 21.8. The van der Waals surface area contributed by atoms with Crippen LogP contribution in [0.2, 0.25) is 0 Å². The Morgan fingerprint density at radius 1 is 1.23 bits per heavy atom. The molecule has 8 heteroatoms. The van der Waals surface area contributed by atoms with Gasteiger partial charge in [0.1, 0.15) is 23.5 Å². The molecule has 0 bridgehead atoms. The number of rotatable bonds is 7. The van der Waals surface area contributed by atoms with Crippen LogP contribution in [0.1, 0.15) is 27.8 Å². The average molecular weight is 438 g/mol. The van der Waals surface area contributed by atoms with Gasteiger partial charge in [0.2, 0.25) is 0 Å². The van der Waals surface area contributed by atoms with Gasteiger partial charge in [0.25, 0.3) is 5.91 Å². The number of anilines is 3. The lowest BCUT2D eigenvalue weighted by molar-refractivity contribution is 0.0990. The second-order valence-electron chi connectivity index (χ2n) is 7.50. The molecule has 0 fully saturated rings. The molecular formula is C23H27N5O2S. The molecule has 1 amide bonds. The number of nitrogens with one attached hydrogen (secondary N) is 1. The average Bonchev–Trinajstić information content (AvgIpc) is 3.28. The Labute approximate surface area is 186 Å². The van der Waals surface area contributed by atoms with Crippen molar-refractivity contribution in [3.63, 3.8) is 0 Å². The number of benzene rings is 1. The molecule has 1 aromatic carbocycles. The Morgan fingerprint density at radius 3 is 2.87 bits per heavy atom. The lowest BCUT2D eigenvalue weighted by atomic mass is 10.2. The van der Waals surface area contributed by atoms with E-state index in [-0.39, 0.29) is 12.0 Å². The zero-order valence-corrected chi connectivity index (χ0v) is 18.6. The van der Waals surface area contributed by atoms with Crippen molar-refractivity contribution in [3.05, 3.63) is 64.4 Å². The van der Waals surface area contributed by atoms with Crippen molar-refractivity contribution in [2.24, 2.45) is 0 Å². The highest BCUT2D eigenvalue weighted by Crippen LogP contribution is 2.32. The molecule has 31 heavy (non-hydrogen) atoms. The SMILES string of the molecule is CNCC[C@H](Oc1cccc(N2CCN(C)c3nc(N)ccc3C2=O)c1)c1cccs1. The molecule has 0 radical (unpaired) electrons. The minimum absolute atomic E-state index is 0.0402. The van der Waals surface area contributed by atoms with Crippen molar-refractivity contribution >= 4 is 34.6 Å². The third-order valence-corrected chi connectivity index (χ3v) is 6.28. The van der Waals surface area contributed by atoms with Crippen molar-refractivity contribution in [2.75, 3.05) is 49.3 Å². The summed E-state index contributed by atoms with van der Waals surface area (Å²) >= 11 is 1.69. The van der Waals surface area contributed by atoms with Gasteiger partial charge in [0.05, 0.1) is 5.56 Å². The summed E-state index contributed by atoms with van der Waals surface area (Å²) in [6, 6.07) is 15.3. The number of amides is 1. The summed E-state index contributed by atoms with van der Waals surface area (Å²) in [7, 11) is 3.86.